The second-order valence-electron chi connectivity index (χ2n) is 6.59. The molecule has 1 aliphatic rings. The summed E-state index contributed by atoms with van der Waals surface area (Å²) < 4.78 is 75.4. The molecule has 0 bridgehead atoms. The van der Waals surface area contributed by atoms with Gasteiger partial charge in [-0.05, 0) is 71.7 Å². The highest BCUT2D eigenvalue weighted by molar-refractivity contribution is 7.78. The summed E-state index contributed by atoms with van der Waals surface area (Å²) in [5.74, 6) is -1.04. The predicted molar refractivity (Wildman–Crippen MR) is 95.9 cm³/mol. The molecule has 1 atom stereocenters. The maximum Gasteiger partial charge on any atom is 0.416 e. The fourth-order valence-electron chi connectivity index (χ4n) is 3.48. The number of allylic oxidation sites excluding steroid dienone is 2. The van der Waals surface area contributed by atoms with Crippen LogP contribution in [0, 0.1) is 12.7 Å². The number of alkyl halides is 3. The Morgan fingerprint density at radius 3 is 2.19 bits per heavy atom. The highest BCUT2D eigenvalue weighted by Crippen LogP contribution is 2.42. The molecule has 0 saturated heterocycles. The first kappa shape index (κ1) is 19.8. The van der Waals surface area contributed by atoms with Crippen molar-refractivity contribution in [2.75, 3.05) is 0 Å². The van der Waals surface area contributed by atoms with Crippen LogP contribution in [0.2, 0.25) is 0 Å². The van der Waals surface area contributed by atoms with Crippen LogP contribution in [-0.2, 0) is 23.0 Å². The van der Waals surface area contributed by atoms with E-state index in [9.17, 15) is 26.3 Å². The average Bonchev–Trinajstić information content (AvgIpc) is 3.05. The third-order valence-corrected chi connectivity index (χ3v) is 5.33. The Morgan fingerprint density at radius 1 is 1.04 bits per heavy atom. The van der Waals surface area contributed by atoms with E-state index in [1.54, 1.807) is 12.1 Å². The molecule has 0 aliphatic heterocycles. The molecule has 7 heteroatoms. The minimum atomic E-state index is -4.43. The molecular weight excluding hydrogens is 380 g/mol. The van der Waals surface area contributed by atoms with E-state index in [0.717, 1.165) is 23.6 Å². The van der Waals surface area contributed by atoms with Crippen LogP contribution < -0.4 is 0 Å². The van der Waals surface area contributed by atoms with E-state index in [1.165, 1.54) is 25.1 Å². The van der Waals surface area contributed by atoms with Crippen LogP contribution in [0.15, 0.2) is 36.4 Å². The van der Waals surface area contributed by atoms with Crippen molar-refractivity contribution in [1.82, 2.24) is 0 Å². The van der Waals surface area contributed by atoms with Gasteiger partial charge in [0.1, 0.15) is 5.82 Å². The van der Waals surface area contributed by atoms with Crippen molar-refractivity contribution < 1.29 is 26.3 Å². The van der Waals surface area contributed by atoms with Crippen LogP contribution in [0.5, 0.6) is 0 Å². The van der Waals surface area contributed by atoms with Gasteiger partial charge in [-0.15, -0.1) is 0 Å². The third kappa shape index (κ3) is 4.30. The molecule has 0 fully saturated rings. The van der Waals surface area contributed by atoms with Gasteiger partial charge in [-0.3, -0.25) is 4.21 Å². The molecule has 2 aromatic carbocycles. The largest absolute Gasteiger partial charge is 0.772 e. The summed E-state index contributed by atoms with van der Waals surface area (Å²) in [5, 5.41) is 0. The highest BCUT2D eigenvalue weighted by atomic mass is 32.2. The molecule has 0 amide bonds. The maximum absolute atomic E-state index is 14.2. The number of hydrogen-bond donors (Lipinski definition) is 0. The first-order valence-electron chi connectivity index (χ1n) is 8.41. The maximum atomic E-state index is 14.2. The van der Waals surface area contributed by atoms with Crippen molar-refractivity contribution in [3.8, 4) is 0 Å². The van der Waals surface area contributed by atoms with Gasteiger partial charge in [0.05, 0.1) is 5.56 Å². The lowest BCUT2D eigenvalue weighted by atomic mass is 9.94. The van der Waals surface area contributed by atoms with Crippen molar-refractivity contribution in [2.45, 2.75) is 38.1 Å². The van der Waals surface area contributed by atoms with Crippen LogP contribution in [0.4, 0.5) is 17.6 Å². The summed E-state index contributed by atoms with van der Waals surface area (Å²) in [7, 11) is 0. The normalized spacial score (nSPS) is 16.1. The number of benzene rings is 2. The van der Waals surface area contributed by atoms with E-state index < -0.39 is 34.4 Å². The molecule has 3 rings (SSSR count). The second-order valence-corrected chi connectivity index (χ2v) is 7.49. The molecule has 0 radical (unpaired) electrons. The van der Waals surface area contributed by atoms with Crippen LogP contribution in [0.3, 0.4) is 0 Å². The fourth-order valence-corrected chi connectivity index (χ4v) is 3.96. The first-order valence-corrected chi connectivity index (χ1v) is 9.66. The molecule has 0 N–H and O–H groups in total. The van der Waals surface area contributed by atoms with Crippen molar-refractivity contribution >= 4 is 22.2 Å². The lowest BCUT2D eigenvalue weighted by Gasteiger charge is -2.15. The summed E-state index contributed by atoms with van der Waals surface area (Å²) in [4.78, 5) is 0. The van der Waals surface area contributed by atoms with Gasteiger partial charge in [-0.25, -0.2) is 4.39 Å². The quantitative estimate of drug-likeness (QED) is 0.496. The van der Waals surface area contributed by atoms with Gasteiger partial charge in [0.25, 0.3) is 0 Å². The molecule has 1 aliphatic carbocycles. The molecule has 27 heavy (non-hydrogen) atoms. The van der Waals surface area contributed by atoms with E-state index in [4.69, 9.17) is 0 Å². The predicted octanol–water partition coefficient (Wildman–Crippen LogP) is 5.63. The van der Waals surface area contributed by atoms with Crippen LogP contribution in [-0.4, -0.2) is 8.76 Å². The zero-order chi connectivity index (χ0) is 19.8. The Morgan fingerprint density at radius 2 is 1.63 bits per heavy atom. The average molecular weight is 397 g/mol. The SMILES string of the molecule is Cc1ccc(C2=C(c3ccc(CS(=O)[O-])c(F)c3)CCC2)cc1C(F)(F)F. The minimum Gasteiger partial charge on any atom is -0.772 e. The summed E-state index contributed by atoms with van der Waals surface area (Å²) in [5.41, 5.74) is 2.22. The Balaban J connectivity index is 2.04. The van der Waals surface area contributed by atoms with E-state index in [-0.39, 0.29) is 11.1 Å². The molecule has 2 aromatic rings. The second kappa shape index (κ2) is 7.56. The van der Waals surface area contributed by atoms with Gasteiger partial charge in [-0.1, -0.05) is 35.3 Å². The van der Waals surface area contributed by atoms with E-state index in [2.05, 4.69) is 0 Å². The number of hydrogen-bond acceptors (Lipinski definition) is 2. The van der Waals surface area contributed by atoms with Crippen molar-refractivity contribution in [3.05, 3.63) is 70.0 Å². The topological polar surface area (TPSA) is 40.1 Å². The molecule has 0 saturated carbocycles. The van der Waals surface area contributed by atoms with E-state index in [0.29, 0.717) is 24.0 Å². The number of rotatable bonds is 4. The molecule has 1 unspecified atom stereocenters. The highest BCUT2D eigenvalue weighted by Gasteiger charge is 2.33. The fraction of sp³-hybridized carbons (Fsp3) is 0.300. The van der Waals surface area contributed by atoms with Crippen LogP contribution in [0.1, 0.15) is 47.1 Å². The smallest absolute Gasteiger partial charge is 0.416 e. The summed E-state index contributed by atoms with van der Waals surface area (Å²) in [6, 6.07) is 8.58. The Bertz CT molecular complexity index is 932. The Kier molecular flexibility index (Phi) is 5.53. The summed E-state index contributed by atoms with van der Waals surface area (Å²) in [6.07, 6.45) is -2.41. The lowest BCUT2D eigenvalue weighted by molar-refractivity contribution is -0.138. The minimum absolute atomic E-state index is 0.0712. The summed E-state index contributed by atoms with van der Waals surface area (Å²) >= 11 is -2.39. The van der Waals surface area contributed by atoms with Crippen molar-refractivity contribution in [3.63, 3.8) is 0 Å². The molecule has 0 spiro atoms. The lowest BCUT2D eigenvalue weighted by Crippen LogP contribution is -2.08. The first-order chi connectivity index (χ1) is 12.7. The van der Waals surface area contributed by atoms with Gasteiger partial charge in [-0.2, -0.15) is 13.2 Å². The molecule has 2 nitrogen and oxygen atoms in total. The van der Waals surface area contributed by atoms with Gasteiger partial charge in [0.15, 0.2) is 0 Å². The number of aryl methyl sites for hydroxylation is 1. The Labute approximate surface area is 157 Å². The zero-order valence-electron chi connectivity index (χ0n) is 14.5. The van der Waals surface area contributed by atoms with Gasteiger partial charge in [0, 0.05) is 5.75 Å². The molecule has 0 heterocycles. The summed E-state index contributed by atoms with van der Waals surface area (Å²) in [6.45, 7) is 1.42. The van der Waals surface area contributed by atoms with Gasteiger partial charge < -0.3 is 4.55 Å². The van der Waals surface area contributed by atoms with Crippen LogP contribution >= 0.6 is 0 Å². The molecule has 144 valence electrons. The van der Waals surface area contributed by atoms with Crippen molar-refractivity contribution in [1.29, 1.82) is 0 Å². The van der Waals surface area contributed by atoms with E-state index in [1.807, 2.05) is 0 Å². The zero-order valence-corrected chi connectivity index (χ0v) is 15.3. The van der Waals surface area contributed by atoms with Gasteiger partial charge in [0.2, 0.25) is 0 Å². The van der Waals surface area contributed by atoms with Crippen LogP contribution in [0.25, 0.3) is 11.1 Å². The van der Waals surface area contributed by atoms with Crippen molar-refractivity contribution in [2.24, 2.45) is 0 Å². The van der Waals surface area contributed by atoms with E-state index >= 15 is 0 Å². The number of halogens is 4. The molecule has 0 aromatic heterocycles. The Hall–Kier alpha value is -1.99. The monoisotopic (exact) mass is 397 g/mol. The van der Waals surface area contributed by atoms with Gasteiger partial charge >= 0.3 is 6.18 Å². The third-order valence-electron chi connectivity index (χ3n) is 4.78. The standard InChI is InChI=1S/C20H18F4O2S/c1-12-5-6-13(9-18(12)20(22,23)24)16-3-2-4-17(16)14-7-8-15(11-27(25)26)19(21)10-14/h5-10H,2-4,11H2,1H3,(H,25,26)/p-1. The molecular formula is C20H17F4O2S-.